The Labute approximate surface area is 120 Å². The molecule has 1 aromatic heterocycles. The van der Waals surface area contributed by atoms with Crippen LogP contribution < -0.4 is 5.32 Å². The van der Waals surface area contributed by atoms with E-state index in [1.165, 1.54) is 0 Å². The van der Waals surface area contributed by atoms with Crippen molar-refractivity contribution in [1.82, 2.24) is 15.3 Å². The Morgan fingerprint density at radius 1 is 1.29 bits per heavy atom. The lowest BCUT2D eigenvalue weighted by Crippen LogP contribution is -2.33. The predicted octanol–water partition coefficient (Wildman–Crippen LogP) is 2.55. The summed E-state index contributed by atoms with van der Waals surface area (Å²) in [6, 6.07) is 0.822. The highest BCUT2D eigenvalue weighted by atomic mass is 19.4. The molecular formula is C14H16F3N3O. The largest absolute Gasteiger partial charge is 0.433 e. The predicted molar refractivity (Wildman–Crippen MR) is 67.8 cm³/mol. The van der Waals surface area contributed by atoms with E-state index in [0.717, 1.165) is 37.9 Å². The van der Waals surface area contributed by atoms with Gasteiger partial charge in [-0.3, -0.25) is 4.79 Å². The van der Waals surface area contributed by atoms with Crippen LogP contribution in [0.2, 0.25) is 0 Å². The highest BCUT2D eigenvalue weighted by Gasteiger charge is 2.45. The van der Waals surface area contributed by atoms with Crippen LogP contribution in [-0.4, -0.2) is 15.9 Å². The number of aromatic nitrogens is 2. The maximum atomic E-state index is 12.5. The second-order valence-electron chi connectivity index (χ2n) is 5.77. The van der Waals surface area contributed by atoms with Gasteiger partial charge in [0, 0.05) is 12.1 Å². The van der Waals surface area contributed by atoms with E-state index in [9.17, 15) is 18.0 Å². The molecule has 2 aliphatic carbocycles. The number of alkyl halides is 3. The number of rotatable bonds is 5. The number of halogens is 3. The van der Waals surface area contributed by atoms with Gasteiger partial charge in [-0.25, -0.2) is 9.97 Å². The van der Waals surface area contributed by atoms with E-state index in [2.05, 4.69) is 15.3 Å². The monoisotopic (exact) mass is 299 g/mol. The fraction of sp³-hybridized carbons (Fsp3) is 0.643. The van der Waals surface area contributed by atoms with Crippen LogP contribution >= 0.6 is 0 Å². The molecule has 0 radical (unpaired) electrons. The lowest BCUT2D eigenvalue weighted by molar-refractivity contribution is -0.141. The van der Waals surface area contributed by atoms with Gasteiger partial charge in [-0.05, 0) is 43.6 Å². The number of carbonyl (C=O) groups excluding carboxylic acids is 1. The molecule has 3 rings (SSSR count). The van der Waals surface area contributed by atoms with Crippen molar-refractivity contribution in [2.24, 2.45) is 17.8 Å². The average Bonchev–Trinajstić information content (AvgIpc) is 3.30. The minimum Gasteiger partial charge on any atom is -0.349 e. The SMILES string of the molecule is O=C(NCc1nccc(C(F)(F)F)n1)C(C1CC1)C1CC1. The molecule has 0 bridgehead atoms. The van der Waals surface area contributed by atoms with Crippen molar-refractivity contribution >= 4 is 5.91 Å². The molecule has 7 heteroatoms. The Bertz CT molecular complexity index is 527. The number of carbonyl (C=O) groups is 1. The van der Waals surface area contributed by atoms with E-state index in [1.807, 2.05) is 0 Å². The molecule has 0 saturated heterocycles. The van der Waals surface area contributed by atoms with E-state index >= 15 is 0 Å². The maximum Gasteiger partial charge on any atom is 0.433 e. The van der Waals surface area contributed by atoms with Crippen LogP contribution in [0.5, 0.6) is 0 Å². The quantitative estimate of drug-likeness (QED) is 0.909. The van der Waals surface area contributed by atoms with Crippen molar-refractivity contribution in [2.75, 3.05) is 0 Å². The third kappa shape index (κ3) is 3.51. The number of hydrogen-bond donors (Lipinski definition) is 1. The molecule has 2 saturated carbocycles. The van der Waals surface area contributed by atoms with Crippen LogP contribution in [0.15, 0.2) is 12.3 Å². The third-order valence-corrected chi connectivity index (χ3v) is 3.98. The lowest BCUT2D eigenvalue weighted by Gasteiger charge is -2.15. The Morgan fingerprint density at radius 2 is 1.90 bits per heavy atom. The van der Waals surface area contributed by atoms with E-state index in [-0.39, 0.29) is 24.2 Å². The first-order valence-electron chi connectivity index (χ1n) is 7.12. The van der Waals surface area contributed by atoms with Crippen LogP contribution in [0.3, 0.4) is 0 Å². The van der Waals surface area contributed by atoms with Gasteiger partial charge in [-0.15, -0.1) is 0 Å². The minimum atomic E-state index is -4.49. The van der Waals surface area contributed by atoms with Gasteiger partial charge >= 0.3 is 6.18 Å². The first-order valence-corrected chi connectivity index (χ1v) is 7.12. The fourth-order valence-electron chi connectivity index (χ4n) is 2.65. The number of amides is 1. The minimum absolute atomic E-state index is 0.0106. The average molecular weight is 299 g/mol. The van der Waals surface area contributed by atoms with Gasteiger partial charge in [0.25, 0.3) is 0 Å². The topological polar surface area (TPSA) is 54.9 Å². The number of hydrogen-bond acceptors (Lipinski definition) is 3. The molecular weight excluding hydrogens is 283 g/mol. The summed E-state index contributed by atoms with van der Waals surface area (Å²) in [7, 11) is 0. The Hall–Kier alpha value is -1.66. The van der Waals surface area contributed by atoms with Crippen LogP contribution in [-0.2, 0) is 17.5 Å². The summed E-state index contributed by atoms with van der Waals surface area (Å²) in [6.45, 7) is -0.0569. The molecule has 114 valence electrons. The standard InChI is InChI=1S/C14H16F3N3O/c15-14(16,17)10-5-6-18-11(20-10)7-19-13(21)12(8-1-2-8)9-3-4-9/h5-6,8-9,12H,1-4,7H2,(H,19,21). The second-order valence-corrected chi connectivity index (χ2v) is 5.77. The number of nitrogens with zero attached hydrogens (tertiary/aromatic N) is 2. The Morgan fingerprint density at radius 3 is 2.43 bits per heavy atom. The van der Waals surface area contributed by atoms with Gasteiger partial charge in [-0.2, -0.15) is 13.2 Å². The van der Waals surface area contributed by atoms with Crippen LogP contribution in [0.25, 0.3) is 0 Å². The molecule has 0 aromatic carbocycles. The Kier molecular flexibility index (Phi) is 3.59. The molecule has 1 aromatic rings. The van der Waals surface area contributed by atoms with Crippen molar-refractivity contribution in [3.63, 3.8) is 0 Å². The van der Waals surface area contributed by atoms with E-state index in [4.69, 9.17) is 0 Å². The first-order chi connectivity index (χ1) is 9.95. The summed E-state index contributed by atoms with van der Waals surface area (Å²) >= 11 is 0. The molecule has 1 heterocycles. The smallest absolute Gasteiger partial charge is 0.349 e. The summed E-state index contributed by atoms with van der Waals surface area (Å²) in [6.07, 6.45) is 0.884. The zero-order chi connectivity index (χ0) is 15.0. The third-order valence-electron chi connectivity index (χ3n) is 3.98. The Balaban J connectivity index is 1.60. The van der Waals surface area contributed by atoms with Crippen molar-refractivity contribution in [2.45, 2.75) is 38.4 Å². The van der Waals surface area contributed by atoms with Crippen molar-refractivity contribution in [1.29, 1.82) is 0 Å². The fourth-order valence-corrected chi connectivity index (χ4v) is 2.65. The summed E-state index contributed by atoms with van der Waals surface area (Å²) in [5, 5.41) is 2.69. The zero-order valence-electron chi connectivity index (χ0n) is 11.4. The number of nitrogens with one attached hydrogen (secondary N) is 1. The zero-order valence-corrected chi connectivity index (χ0v) is 11.4. The summed E-state index contributed by atoms with van der Waals surface area (Å²) < 4.78 is 37.6. The molecule has 0 aliphatic heterocycles. The van der Waals surface area contributed by atoms with Gasteiger partial charge in [0.05, 0.1) is 6.54 Å². The second kappa shape index (κ2) is 5.27. The summed E-state index contributed by atoms with van der Waals surface area (Å²) in [5.41, 5.74) is -0.984. The van der Waals surface area contributed by atoms with Crippen molar-refractivity contribution < 1.29 is 18.0 Å². The van der Waals surface area contributed by atoms with E-state index in [0.29, 0.717) is 11.8 Å². The van der Waals surface area contributed by atoms with Gasteiger partial charge in [-0.1, -0.05) is 0 Å². The lowest BCUT2D eigenvalue weighted by atomic mass is 9.97. The van der Waals surface area contributed by atoms with Crippen molar-refractivity contribution in [3.8, 4) is 0 Å². The van der Waals surface area contributed by atoms with Crippen LogP contribution in [0, 0.1) is 17.8 Å². The van der Waals surface area contributed by atoms with Crippen LogP contribution in [0.4, 0.5) is 13.2 Å². The van der Waals surface area contributed by atoms with Gasteiger partial charge in [0.15, 0.2) is 0 Å². The molecule has 0 unspecified atom stereocenters. The van der Waals surface area contributed by atoms with Gasteiger partial charge in [0.2, 0.25) is 5.91 Å². The molecule has 1 N–H and O–H groups in total. The van der Waals surface area contributed by atoms with Gasteiger partial charge < -0.3 is 5.32 Å². The molecule has 2 aliphatic rings. The molecule has 0 spiro atoms. The molecule has 0 atom stereocenters. The summed E-state index contributed by atoms with van der Waals surface area (Å²) in [5.74, 6) is 0.861. The highest BCUT2D eigenvalue weighted by Crippen LogP contribution is 2.49. The van der Waals surface area contributed by atoms with E-state index < -0.39 is 11.9 Å². The summed E-state index contributed by atoms with van der Waals surface area (Å²) in [4.78, 5) is 19.4. The van der Waals surface area contributed by atoms with Crippen LogP contribution in [0.1, 0.15) is 37.2 Å². The van der Waals surface area contributed by atoms with Gasteiger partial charge in [0.1, 0.15) is 11.5 Å². The first kappa shape index (κ1) is 14.3. The molecule has 21 heavy (non-hydrogen) atoms. The van der Waals surface area contributed by atoms with Crippen molar-refractivity contribution in [3.05, 3.63) is 23.8 Å². The van der Waals surface area contributed by atoms with E-state index in [1.54, 1.807) is 0 Å². The molecule has 1 amide bonds. The molecule has 4 nitrogen and oxygen atoms in total. The highest BCUT2D eigenvalue weighted by molar-refractivity contribution is 5.79. The normalized spacial score (nSPS) is 18.9. The maximum absolute atomic E-state index is 12.5. The molecule has 2 fully saturated rings.